The maximum atomic E-state index is 12.6. The Kier molecular flexibility index (Phi) is 5.47. The summed E-state index contributed by atoms with van der Waals surface area (Å²) in [7, 11) is -1.88. The largest absolute Gasteiger partial charge is 0.333 e. The van der Waals surface area contributed by atoms with Crippen molar-refractivity contribution in [1.29, 1.82) is 0 Å². The third-order valence-corrected chi connectivity index (χ3v) is 6.79. The minimum absolute atomic E-state index is 0.0000640. The van der Waals surface area contributed by atoms with Crippen LogP contribution in [0.4, 0.5) is 5.13 Å². The van der Waals surface area contributed by atoms with Crippen LogP contribution in [0.15, 0.2) is 23.1 Å². The number of carbonyl (C=O) groups excluding carboxylic acids is 1. The Balaban J connectivity index is 1.76. The number of anilines is 1. The lowest BCUT2D eigenvalue weighted by atomic mass is 10.2. The third kappa shape index (κ3) is 3.98. The zero-order chi connectivity index (χ0) is 18.9. The van der Waals surface area contributed by atoms with E-state index in [9.17, 15) is 13.2 Å². The van der Waals surface area contributed by atoms with Gasteiger partial charge in [0.1, 0.15) is 0 Å². The fourth-order valence-electron chi connectivity index (χ4n) is 2.55. The molecular formula is C15H18ClN5O3S2. The maximum absolute atomic E-state index is 12.6. The summed E-state index contributed by atoms with van der Waals surface area (Å²) >= 11 is 6.83. The Morgan fingerprint density at radius 2 is 1.96 bits per heavy atom. The van der Waals surface area contributed by atoms with Gasteiger partial charge in [0, 0.05) is 42.7 Å². The van der Waals surface area contributed by atoms with Crippen LogP contribution in [0.1, 0.15) is 16.2 Å². The van der Waals surface area contributed by atoms with Crippen LogP contribution in [-0.4, -0.2) is 66.7 Å². The van der Waals surface area contributed by atoms with Crippen LogP contribution in [0.25, 0.3) is 0 Å². The highest BCUT2D eigenvalue weighted by atomic mass is 35.5. The maximum Gasteiger partial charge on any atom is 0.292 e. The van der Waals surface area contributed by atoms with E-state index in [1.54, 1.807) is 24.0 Å². The van der Waals surface area contributed by atoms with Gasteiger partial charge in [-0.3, -0.25) is 9.52 Å². The quantitative estimate of drug-likeness (QED) is 0.816. The van der Waals surface area contributed by atoms with Crippen molar-refractivity contribution in [2.24, 2.45) is 0 Å². The molecule has 0 spiro atoms. The van der Waals surface area contributed by atoms with Crippen molar-refractivity contribution in [2.75, 3.05) is 37.9 Å². The summed E-state index contributed by atoms with van der Waals surface area (Å²) in [5.74, 6) is -0.293. The van der Waals surface area contributed by atoms with Gasteiger partial charge in [0.05, 0.1) is 4.90 Å². The Bertz CT molecular complexity index is 923. The van der Waals surface area contributed by atoms with Gasteiger partial charge in [-0.25, -0.2) is 8.42 Å². The van der Waals surface area contributed by atoms with Crippen LogP contribution < -0.4 is 4.72 Å². The van der Waals surface area contributed by atoms with Gasteiger partial charge in [-0.05, 0) is 31.7 Å². The van der Waals surface area contributed by atoms with E-state index in [1.807, 2.05) is 7.05 Å². The summed E-state index contributed by atoms with van der Waals surface area (Å²) in [5, 5.41) is 0.401. The summed E-state index contributed by atoms with van der Waals surface area (Å²) < 4.78 is 31.5. The summed E-state index contributed by atoms with van der Waals surface area (Å²) in [5.41, 5.74) is 0.444. The molecule has 1 N–H and O–H groups in total. The molecule has 2 heterocycles. The number of nitrogens with one attached hydrogen (secondary N) is 1. The fraction of sp³-hybridized carbons (Fsp3) is 0.400. The van der Waals surface area contributed by atoms with E-state index in [0.717, 1.165) is 24.6 Å². The summed E-state index contributed by atoms with van der Waals surface area (Å²) in [6.07, 6.45) is 0. The van der Waals surface area contributed by atoms with Crippen molar-refractivity contribution in [1.82, 2.24) is 19.2 Å². The van der Waals surface area contributed by atoms with Crippen molar-refractivity contribution in [3.63, 3.8) is 0 Å². The Hall–Kier alpha value is -1.75. The number of likely N-dealkylation sites (N-methyl/N-ethyl adjacent to an activating group) is 1. The highest BCUT2D eigenvalue weighted by molar-refractivity contribution is 7.93. The molecule has 0 radical (unpaired) electrons. The Morgan fingerprint density at radius 3 is 2.65 bits per heavy atom. The molecule has 1 aliphatic heterocycles. The second-order valence-corrected chi connectivity index (χ2v) is 8.80. The number of rotatable bonds is 4. The van der Waals surface area contributed by atoms with E-state index in [2.05, 4.69) is 19.0 Å². The number of piperazine rings is 1. The molecular weight excluding hydrogens is 398 g/mol. The topological polar surface area (TPSA) is 95.5 Å². The van der Waals surface area contributed by atoms with Gasteiger partial charge in [0.2, 0.25) is 11.0 Å². The van der Waals surface area contributed by atoms with E-state index >= 15 is 0 Å². The molecule has 8 nitrogen and oxygen atoms in total. The van der Waals surface area contributed by atoms with E-state index in [4.69, 9.17) is 11.6 Å². The van der Waals surface area contributed by atoms with Gasteiger partial charge in [-0.15, -0.1) is 0 Å². The molecule has 0 bridgehead atoms. The predicted octanol–water partition coefficient (Wildman–Crippen LogP) is 1.69. The monoisotopic (exact) mass is 415 g/mol. The Labute approximate surface area is 161 Å². The number of carbonyl (C=O) groups is 1. The van der Waals surface area contributed by atoms with Gasteiger partial charge in [0.15, 0.2) is 0 Å². The second-order valence-electron chi connectivity index (χ2n) is 5.99. The summed E-state index contributed by atoms with van der Waals surface area (Å²) in [6, 6.07) is 4.64. The molecule has 0 atom stereocenters. The molecule has 3 rings (SSSR count). The van der Waals surface area contributed by atoms with Gasteiger partial charge in [0.25, 0.3) is 15.9 Å². The molecule has 0 aliphatic carbocycles. The summed E-state index contributed by atoms with van der Waals surface area (Å²) in [6.45, 7) is 4.38. The van der Waals surface area contributed by atoms with Crippen LogP contribution in [0.3, 0.4) is 0 Å². The third-order valence-electron chi connectivity index (χ3n) is 4.14. The highest BCUT2D eigenvalue weighted by Gasteiger charge is 2.25. The van der Waals surface area contributed by atoms with E-state index in [1.165, 1.54) is 6.07 Å². The SMILES string of the molecule is Cc1c(Cl)cccc1S(=O)(=O)Nc1nc(C(=O)N2CCN(C)CC2)ns1. The van der Waals surface area contributed by atoms with Gasteiger partial charge >= 0.3 is 0 Å². The molecule has 1 fully saturated rings. The first-order chi connectivity index (χ1) is 12.3. The fourth-order valence-corrected chi connectivity index (χ4v) is 4.84. The molecule has 1 aliphatic rings. The lowest BCUT2D eigenvalue weighted by molar-refractivity contribution is 0.0653. The first kappa shape index (κ1) is 19.0. The zero-order valence-electron chi connectivity index (χ0n) is 14.3. The standard InChI is InChI=1S/C15H18ClN5O3S2/c1-10-11(16)4-3-5-12(10)26(23,24)19-15-17-13(18-25-15)14(22)21-8-6-20(2)7-9-21/h3-5H,6-9H2,1-2H3,(H,17,18,19). The average Bonchev–Trinajstić information content (AvgIpc) is 3.05. The highest BCUT2D eigenvalue weighted by Crippen LogP contribution is 2.25. The van der Waals surface area contributed by atoms with Crippen molar-refractivity contribution in [2.45, 2.75) is 11.8 Å². The lowest BCUT2D eigenvalue weighted by Gasteiger charge is -2.31. The van der Waals surface area contributed by atoms with Gasteiger partial charge in [-0.2, -0.15) is 9.36 Å². The second kappa shape index (κ2) is 7.47. The molecule has 1 aromatic heterocycles. The van der Waals surface area contributed by atoms with E-state index in [-0.39, 0.29) is 21.8 Å². The first-order valence-corrected chi connectivity index (χ1v) is 10.5. The minimum atomic E-state index is -3.87. The number of sulfonamides is 1. The van der Waals surface area contributed by atoms with Crippen molar-refractivity contribution < 1.29 is 13.2 Å². The number of halogens is 1. The summed E-state index contributed by atoms with van der Waals surface area (Å²) in [4.78, 5) is 20.4. The molecule has 1 amide bonds. The molecule has 1 saturated heterocycles. The van der Waals surface area contributed by atoms with E-state index in [0.29, 0.717) is 23.7 Å². The number of hydrogen-bond donors (Lipinski definition) is 1. The van der Waals surface area contributed by atoms with Crippen LogP contribution >= 0.6 is 23.1 Å². The van der Waals surface area contributed by atoms with Crippen LogP contribution in [0.5, 0.6) is 0 Å². The molecule has 1 aromatic carbocycles. The molecule has 2 aromatic rings. The van der Waals surface area contributed by atoms with Gasteiger partial charge < -0.3 is 9.80 Å². The minimum Gasteiger partial charge on any atom is -0.333 e. The lowest BCUT2D eigenvalue weighted by Crippen LogP contribution is -2.47. The number of benzene rings is 1. The van der Waals surface area contributed by atoms with Crippen LogP contribution in [0.2, 0.25) is 5.02 Å². The number of hydrogen-bond acceptors (Lipinski definition) is 7. The van der Waals surface area contributed by atoms with Crippen molar-refractivity contribution >= 4 is 44.2 Å². The van der Waals surface area contributed by atoms with Crippen LogP contribution in [0, 0.1) is 6.92 Å². The average molecular weight is 416 g/mol. The molecule has 140 valence electrons. The zero-order valence-corrected chi connectivity index (χ0v) is 16.7. The van der Waals surface area contributed by atoms with Gasteiger partial charge in [-0.1, -0.05) is 17.7 Å². The van der Waals surface area contributed by atoms with Crippen LogP contribution in [-0.2, 0) is 10.0 Å². The Morgan fingerprint density at radius 1 is 1.27 bits per heavy atom. The first-order valence-electron chi connectivity index (χ1n) is 7.87. The van der Waals surface area contributed by atoms with E-state index < -0.39 is 10.0 Å². The predicted molar refractivity (Wildman–Crippen MR) is 100 cm³/mol. The smallest absolute Gasteiger partial charge is 0.292 e. The number of amides is 1. The van der Waals surface area contributed by atoms with Crippen molar-refractivity contribution in [3.05, 3.63) is 34.6 Å². The van der Waals surface area contributed by atoms with Crippen molar-refractivity contribution in [3.8, 4) is 0 Å². The normalized spacial score (nSPS) is 15.9. The number of nitrogens with zero attached hydrogens (tertiary/aromatic N) is 4. The molecule has 0 unspecified atom stereocenters. The molecule has 26 heavy (non-hydrogen) atoms. The molecule has 11 heteroatoms. The number of aromatic nitrogens is 2. The molecule has 0 saturated carbocycles.